The van der Waals surface area contributed by atoms with Gasteiger partial charge in [0.2, 0.25) is 5.75 Å². The number of hydrogen-bond acceptors (Lipinski definition) is 5. The fourth-order valence-corrected chi connectivity index (χ4v) is 2.48. The molecule has 0 aromatic heterocycles. The first-order chi connectivity index (χ1) is 9.10. The lowest BCUT2D eigenvalue weighted by Crippen LogP contribution is -2.03. The molecule has 7 heteroatoms. The van der Waals surface area contributed by atoms with E-state index in [-0.39, 0.29) is 17.0 Å². The zero-order chi connectivity index (χ0) is 14.3. The first kappa shape index (κ1) is 16.0. The summed E-state index contributed by atoms with van der Waals surface area (Å²) < 4.78 is 6.07. The van der Waals surface area contributed by atoms with Crippen molar-refractivity contribution in [3.05, 3.63) is 31.4 Å². The number of benzene rings is 1. The minimum atomic E-state index is -0.522. The second kappa shape index (κ2) is 8.22. The molecule has 0 fully saturated rings. The summed E-state index contributed by atoms with van der Waals surface area (Å²) in [5.74, 6) is 1.07. The Morgan fingerprint density at radius 3 is 2.74 bits per heavy atom. The molecule has 5 nitrogen and oxygen atoms in total. The van der Waals surface area contributed by atoms with Crippen LogP contribution < -0.4 is 4.74 Å². The van der Waals surface area contributed by atoms with E-state index in [1.807, 2.05) is 28.7 Å². The molecule has 0 aliphatic carbocycles. The van der Waals surface area contributed by atoms with Crippen LogP contribution in [0, 0.1) is 25.0 Å². The second-order valence-corrected chi connectivity index (χ2v) is 5.42. The number of rotatable bonds is 7. The molecule has 1 rings (SSSR count). The Kier molecular flexibility index (Phi) is 6.94. The Morgan fingerprint density at radius 1 is 1.42 bits per heavy atom. The van der Waals surface area contributed by atoms with Gasteiger partial charge in [0.25, 0.3) is 0 Å². The number of unbranched alkanes of at least 4 members (excludes halogenated alkanes) is 2. The molecule has 102 valence electrons. The largest absolute Gasteiger partial charge is 0.486 e. The maximum Gasteiger partial charge on any atom is 0.313 e. The Morgan fingerprint density at radius 2 is 2.16 bits per heavy atom. The van der Waals surface area contributed by atoms with Crippen molar-refractivity contribution in [2.75, 3.05) is 12.4 Å². The van der Waals surface area contributed by atoms with Gasteiger partial charge in [-0.1, -0.05) is 0 Å². The van der Waals surface area contributed by atoms with Crippen molar-refractivity contribution in [2.45, 2.75) is 19.3 Å². The maximum absolute atomic E-state index is 11.0. The van der Waals surface area contributed by atoms with Crippen LogP contribution in [-0.2, 0) is 0 Å². The molecule has 0 unspecified atom stereocenters. The lowest BCUT2D eigenvalue weighted by atomic mass is 10.2. The van der Waals surface area contributed by atoms with Crippen LogP contribution in [0.15, 0.2) is 12.1 Å². The van der Waals surface area contributed by atoms with Crippen LogP contribution in [0.1, 0.15) is 24.8 Å². The van der Waals surface area contributed by atoms with E-state index in [0.29, 0.717) is 10.2 Å². The molecular weight excluding hydrogens is 379 g/mol. The van der Waals surface area contributed by atoms with Gasteiger partial charge in [-0.3, -0.25) is 10.1 Å². The second-order valence-electron chi connectivity index (χ2n) is 3.81. The highest BCUT2D eigenvalue weighted by Crippen LogP contribution is 2.33. The van der Waals surface area contributed by atoms with Gasteiger partial charge in [-0.15, -0.1) is 0 Å². The van der Waals surface area contributed by atoms with Gasteiger partial charge in [0.1, 0.15) is 0 Å². The molecule has 0 aliphatic rings. The molecule has 0 aliphatic heterocycles. The van der Waals surface area contributed by atoms with E-state index in [9.17, 15) is 10.1 Å². The molecule has 0 heterocycles. The van der Waals surface area contributed by atoms with E-state index in [1.54, 1.807) is 6.07 Å². The normalized spacial score (nSPS) is 9.95. The lowest BCUT2D eigenvalue weighted by molar-refractivity contribution is -0.386. The smallest absolute Gasteiger partial charge is 0.313 e. The van der Waals surface area contributed by atoms with Crippen molar-refractivity contribution in [1.29, 1.82) is 5.26 Å². The average molecular weight is 392 g/mol. The minimum absolute atomic E-state index is 0.155. The lowest BCUT2D eigenvalue weighted by Gasteiger charge is -2.08. The first-order valence-electron chi connectivity index (χ1n) is 5.72. The van der Waals surface area contributed by atoms with Gasteiger partial charge in [-0.05, 0) is 53.7 Å². The van der Waals surface area contributed by atoms with Crippen molar-refractivity contribution in [3.63, 3.8) is 0 Å². The van der Waals surface area contributed by atoms with E-state index < -0.39 is 4.92 Å². The molecule has 19 heavy (non-hydrogen) atoms. The van der Waals surface area contributed by atoms with Crippen molar-refractivity contribution in [2.24, 2.45) is 0 Å². The van der Waals surface area contributed by atoms with Crippen molar-refractivity contribution < 1.29 is 9.66 Å². The number of nitrogens with zero attached hydrogens (tertiary/aromatic N) is 2. The van der Waals surface area contributed by atoms with Gasteiger partial charge in [0.05, 0.1) is 26.7 Å². The van der Waals surface area contributed by atoms with Crippen LogP contribution in [0.2, 0.25) is 0 Å². The highest BCUT2D eigenvalue weighted by atomic mass is 127. The number of hydrogen-bond donors (Lipinski definition) is 1. The fraction of sp³-hybridized carbons (Fsp3) is 0.417. The number of nitro groups is 1. The molecule has 0 bridgehead atoms. The summed E-state index contributed by atoms with van der Waals surface area (Å²) in [6.45, 7) is 0.427. The Balaban J connectivity index is 2.81. The summed E-state index contributed by atoms with van der Waals surface area (Å²) in [6, 6.07) is 4.72. The predicted octanol–water partition coefficient (Wildman–Crippen LogP) is 3.55. The van der Waals surface area contributed by atoms with Crippen LogP contribution in [0.3, 0.4) is 0 Å². The Bertz CT molecular complexity index is 502. The third-order valence-corrected chi connectivity index (χ3v) is 3.52. The zero-order valence-corrected chi connectivity index (χ0v) is 13.2. The summed E-state index contributed by atoms with van der Waals surface area (Å²) in [4.78, 5) is 10.5. The van der Waals surface area contributed by atoms with Crippen LogP contribution >= 0.6 is 35.2 Å². The van der Waals surface area contributed by atoms with Gasteiger partial charge in [-0.2, -0.15) is 17.9 Å². The highest BCUT2D eigenvalue weighted by molar-refractivity contribution is 14.1. The van der Waals surface area contributed by atoms with Crippen LogP contribution in [0.25, 0.3) is 0 Å². The van der Waals surface area contributed by atoms with E-state index in [2.05, 4.69) is 12.6 Å². The molecule has 0 atom stereocenters. The number of ether oxygens (including phenoxy) is 1. The number of halogens is 1. The van der Waals surface area contributed by atoms with E-state index in [1.165, 1.54) is 6.07 Å². The molecule has 0 saturated carbocycles. The molecule has 0 N–H and O–H groups in total. The molecular formula is C12H13IN2O3S. The van der Waals surface area contributed by atoms with Crippen LogP contribution in [0.4, 0.5) is 5.69 Å². The van der Waals surface area contributed by atoms with Crippen LogP contribution in [-0.4, -0.2) is 17.3 Å². The summed E-state index contributed by atoms with van der Waals surface area (Å²) in [5.41, 5.74) is 0.108. The summed E-state index contributed by atoms with van der Waals surface area (Å²) in [7, 11) is 0. The zero-order valence-electron chi connectivity index (χ0n) is 10.1. The highest BCUT2D eigenvalue weighted by Gasteiger charge is 2.20. The van der Waals surface area contributed by atoms with Crippen molar-refractivity contribution in [1.82, 2.24) is 0 Å². The predicted molar refractivity (Wildman–Crippen MR) is 83.7 cm³/mol. The minimum Gasteiger partial charge on any atom is -0.486 e. The number of nitriles is 1. The maximum atomic E-state index is 11.0. The van der Waals surface area contributed by atoms with Gasteiger partial charge < -0.3 is 4.74 Å². The Labute approximate surface area is 130 Å². The standard InChI is InChI=1S/C12H13IN2O3S/c13-10-6-9(8-14)7-11(15(16)17)12(10)18-4-2-1-3-5-19/h6-7,19H,1-5H2. The number of nitro benzene ring substituents is 1. The third-order valence-electron chi connectivity index (χ3n) is 2.40. The van der Waals surface area contributed by atoms with Crippen molar-refractivity contribution >= 4 is 40.9 Å². The summed E-state index contributed by atoms with van der Waals surface area (Å²) in [6.07, 6.45) is 2.80. The van der Waals surface area contributed by atoms with Crippen molar-refractivity contribution in [3.8, 4) is 11.8 Å². The monoisotopic (exact) mass is 392 g/mol. The molecule has 0 amide bonds. The van der Waals surface area contributed by atoms with E-state index >= 15 is 0 Å². The first-order valence-corrected chi connectivity index (χ1v) is 7.43. The summed E-state index contributed by atoms with van der Waals surface area (Å²) >= 11 is 6.06. The van der Waals surface area contributed by atoms with Gasteiger partial charge in [0, 0.05) is 6.07 Å². The Hall–Kier alpha value is -1.01. The van der Waals surface area contributed by atoms with Gasteiger partial charge in [0.15, 0.2) is 0 Å². The average Bonchev–Trinajstić information content (AvgIpc) is 2.39. The number of thiol groups is 1. The van der Waals surface area contributed by atoms with Gasteiger partial charge >= 0.3 is 5.69 Å². The third kappa shape index (κ3) is 4.87. The quantitative estimate of drug-likeness (QED) is 0.253. The van der Waals surface area contributed by atoms with E-state index in [0.717, 1.165) is 25.0 Å². The fourth-order valence-electron chi connectivity index (χ4n) is 1.49. The summed E-state index contributed by atoms with van der Waals surface area (Å²) in [5, 5.41) is 19.8. The van der Waals surface area contributed by atoms with Gasteiger partial charge in [-0.25, -0.2) is 0 Å². The van der Waals surface area contributed by atoms with E-state index in [4.69, 9.17) is 10.00 Å². The molecule has 0 saturated heterocycles. The molecule has 1 aromatic rings. The molecule has 0 radical (unpaired) electrons. The molecule has 1 aromatic carbocycles. The molecule has 0 spiro atoms. The van der Waals surface area contributed by atoms with Crippen LogP contribution in [0.5, 0.6) is 5.75 Å². The SMILES string of the molecule is N#Cc1cc(I)c(OCCCCCS)c([N+](=O)[O-])c1. The topological polar surface area (TPSA) is 76.2 Å².